The van der Waals surface area contributed by atoms with Crippen molar-refractivity contribution in [1.29, 1.82) is 0 Å². The van der Waals surface area contributed by atoms with Gasteiger partial charge in [0.05, 0.1) is 30.9 Å². The number of rotatable bonds is 13. The second-order valence-corrected chi connectivity index (χ2v) is 8.54. The summed E-state index contributed by atoms with van der Waals surface area (Å²) in [5.41, 5.74) is 3.84. The zero-order chi connectivity index (χ0) is 24.5. The standard InChI is InChI=1S/C28H35NO5/c1-4-29-24(21-10-6-5-7-11-21)18-22-14-15-23(19-25(22)29)33-16-8-12-26(30)27(31)13-9-17-34-28(32)20(2)3/h5-7,10-11,14-15,18-19,26-27,30-31H,2,4,8-9,12-13,16-17H2,1,3H3. The van der Waals surface area contributed by atoms with Gasteiger partial charge in [0.1, 0.15) is 5.75 Å². The van der Waals surface area contributed by atoms with Crippen molar-refractivity contribution in [2.24, 2.45) is 0 Å². The van der Waals surface area contributed by atoms with E-state index >= 15 is 0 Å². The fourth-order valence-electron chi connectivity index (χ4n) is 3.96. The molecule has 2 atom stereocenters. The summed E-state index contributed by atoms with van der Waals surface area (Å²) in [7, 11) is 0. The molecular formula is C28H35NO5. The molecule has 0 radical (unpaired) electrons. The Bertz CT molecular complexity index is 1090. The number of aromatic nitrogens is 1. The number of benzene rings is 2. The number of ether oxygens (including phenoxy) is 2. The van der Waals surface area contributed by atoms with Gasteiger partial charge in [0.15, 0.2) is 0 Å². The van der Waals surface area contributed by atoms with Crippen LogP contribution < -0.4 is 4.74 Å². The van der Waals surface area contributed by atoms with Gasteiger partial charge in [-0.1, -0.05) is 36.9 Å². The smallest absolute Gasteiger partial charge is 0.333 e. The van der Waals surface area contributed by atoms with Crippen LogP contribution in [0.25, 0.3) is 22.2 Å². The molecule has 6 nitrogen and oxygen atoms in total. The number of esters is 1. The van der Waals surface area contributed by atoms with E-state index in [1.165, 1.54) is 16.6 Å². The summed E-state index contributed by atoms with van der Waals surface area (Å²) in [6, 6.07) is 18.6. The lowest BCUT2D eigenvalue weighted by Gasteiger charge is -2.18. The first-order valence-corrected chi connectivity index (χ1v) is 11.9. The SMILES string of the molecule is C=C(C)C(=O)OCCCC(O)C(O)CCCOc1ccc2cc(-c3ccccc3)n(CC)c2c1. The highest BCUT2D eigenvalue weighted by atomic mass is 16.5. The van der Waals surface area contributed by atoms with E-state index in [9.17, 15) is 15.0 Å². The monoisotopic (exact) mass is 465 g/mol. The number of aliphatic hydroxyl groups is 2. The first-order chi connectivity index (χ1) is 16.4. The van der Waals surface area contributed by atoms with Crippen LogP contribution in [-0.4, -0.2) is 46.2 Å². The van der Waals surface area contributed by atoms with Crippen molar-refractivity contribution in [2.75, 3.05) is 13.2 Å². The summed E-state index contributed by atoms with van der Waals surface area (Å²) in [6.45, 7) is 8.75. The van der Waals surface area contributed by atoms with Crippen molar-refractivity contribution in [3.63, 3.8) is 0 Å². The highest BCUT2D eigenvalue weighted by molar-refractivity contribution is 5.88. The Hall–Kier alpha value is -3.09. The summed E-state index contributed by atoms with van der Waals surface area (Å²) in [5.74, 6) is 0.349. The average Bonchev–Trinajstić information content (AvgIpc) is 3.22. The zero-order valence-electron chi connectivity index (χ0n) is 20.1. The van der Waals surface area contributed by atoms with Crippen LogP contribution in [0, 0.1) is 0 Å². The predicted molar refractivity (Wildman–Crippen MR) is 135 cm³/mol. The molecule has 3 aromatic rings. The minimum absolute atomic E-state index is 0.201. The van der Waals surface area contributed by atoms with Crippen LogP contribution in [-0.2, 0) is 16.1 Å². The number of hydrogen-bond donors (Lipinski definition) is 2. The van der Waals surface area contributed by atoms with Gasteiger partial charge in [0.25, 0.3) is 0 Å². The minimum atomic E-state index is -0.857. The Morgan fingerprint density at radius 2 is 1.68 bits per heavy atom. The highest BCUT2D eigenvalue weighted by Crippen LogP contribution is 2.30. The Morgan fingerprint density at radius 3 is 2.32 bits per heavy atom. The van der Waals surface area contributed by atoms with E-state index in [0.29, 0.717) is 37.9 Å². The molecule has 0 saturated heterocycles. The van der Waals surface area contributed by atoms with Gasteiger partial charge < -0.3 is 24.3 Å². The van der Waals surface area contributed by atoms with E-state index < -0.39 is 18.2 Å². The average molecular weight is 466 g/mol. The van der Waals surface area contributed by atoms with Crippen LogP contribution in [0.4, 0.5) is 0 Å². The van der Waals surface area contributed by atoms with Gasteiger partial charge in [0.2, 0.25) is 0 Å². The molecular weight excluding hydrogens is 430 g/mol. The summed E-state index contributed by atoms with van der Waals surface area (Å²) in [6.07, 6.45) is 0.192. The molecule has 0 fully saturated rings. The number of aliphatic hydroxyl groups excluding tert-OH is 2. The van der Waals surface area contributed by atoms with Crippen LogP contribution in [0.5, 0.6) is 5.75 Å². The van der Waals surface area contributed by atoms with Gasteiger partial charge in [-0.25, -0.2) is 4.79 Å². The van der Waals surface area contributed by atoms with Crippen molar-refractivity contribution >= 4 is 16.9 Å². The first-order valence-electron chi connectivity index (χ1n) is 11.9. The third-order valence-electron chi connectivity index (χ3n) is 5.84. The zero-order valence-corrected chi connectivity index (χ0v) is 20.1. The van der Waals surface area contributed by atoms with Crippen molar-refractivity contribution in [3.05, 3.63) is 66.7 Å². The molecule has 3 rings (SSSR count). The first kappa shape index (κ1) is 25.5. The number of aryl methyl sites for hydroxylation is 1. The fourth-order valence-corrected chi connectivity index (χ4v) is 3.96. The maximum absolute atomic E-state index is 11.3. The molecule has 0 bridgehead atoms. The molecule has 2 aromatic carbocycles. The maximum Gasteiger partial charge on any atom is 0.333 e. The molecule has 6 heteroatoms. The van der Waals surface area contributed by atoms with Crippen molar-refractivity contribution in [3.8, 4) is 17.0 Å². The van der Waals surface area contributed by atoms with E-state index in [-0.39, 0.29) is 6.61 Å². The molecule has 34 heavy (non-hydrogen) atoms. The van der Waals surface area contributed by atoms with Gasteiger partial charge in [-0.3, -0.25) is 0 Å². The molecule has 1 aromatic heterocycles. The molecule has 0 spiro atoms. The van der Waals surface area contributed by atoms with Crippen molar-refractivity contribution in [2.45, 2.75) is 58.3 Å². The van der Waals surface area contributed by atoms with Crippen LogP contribution in [0.15, 0.2) is 66.7 Å². The van der Waals surface area contributed by atoms with Gasteiger partial charge in [-0.2, -0.15) is 0 Å². The molecule has 0 aliphatic heterocycles. The van der Waals surface area contributed by atoms with Gasteiger partial charge in [-0.15, -0.1) is 0 Å². The lowest BCUT2D eigenvalue weighted by Crippen LogP contribution is -2.26. The largest absolute Gasteiger partial charge is 0.494 e. The van der Waals surface area contributed by atoms with Crippen LogP contribution >= 0.6 is 0 Å². The lowest BCUT2D eigenvalue weighted by atomic mass is 10.0. The quantitative estimate of drug-likeness (QED) is 0.208. The molecule has 0 amide bonds. The van der Waals surface area contributed by atoms with Crippen LogP contribution in [0.2, 0.25) is 0 Å². The van der Waals surface area contributed by atoms with Crippen LogP contribution in [0.1, 0.15) is 39.5 Å². The Balaban J connectivity index is 1.47. The summed E-state index contributed by atoms with van der Waals surface area (Å²) in [4.78, 5) is 11.3. The molecule has 1 heterocycles. The normalized spacial score (nSPS) is 12.9. The third-order valence-corrected chi connectivity index (χ3v) is 5.84. The maximum atomic E-state index is 11.3. The number of carbonyl (C=O) groups excluding carboxylic acids is 1. The lowest BCUT2D eigenvalue weighted by molar-refractivity contribution is -0.139. The Morgan fingerprint density at radius 1 is 1.00 bits per heavy atom. The van der Waals surface area contributed by atoms with E-state index in [0.717, 1.165) is 17.8 Å². The van der Waals surface area contributed by atoms with E-state index in [1.807, 2.05) is 24.3 Å². The molecule has 182 valence electrons. The number of carbonyl (C=O) groups is 1. The summed E-state index contributed by atoms with van der Waals surface area (Å²) in [5, 5.41) is 21.5. The molecule has 0 saturated carbocycles. The van der Waals surface area contributed by atoms with Gasteiger partial charge in [0, 0.05) is 29.3 Å². The second kappa shape index (κ2) is 12.4. The number of fused-ring (bicyclic) bond motifs is 1. The minimum Gasteiger partial charge on any atom is -0.494 e. The van der Waals surface area contributed by atoms with E-state index in [1.54, 1.807) is 6.92 Å². The Labute approximate surface area is 201 Å². The summed E-state index contributed by atoms with van der Waals surface area (Å²) < 4.78 is 13.2. The van der Waals surface area contributed by atoms with Gasteiger partial charge in [-0.05, 0) is 63.3 Å². The topological polar surface area (TPSA) is 80.9 Å². The number of nitrogens with zero attached hydrogens (tertiary/aromatic N) is 1. The summed E-state index contributed by atoms with van der Waals surface area (Å²) >= 11 is 0. The van der Waals surface area contributed by atoms with E-state index in [4.69, 9.17) is 9.47 Å². The van der Waals surface area contributed by atoms with Crippen LogP contribution in [0.3, 0.4) is 0 Å². The predicted octanol–water partition coefficient (Wildman–Crippen LogP) is 5.11. The third kappa shape index (κ3) is 6.72. The second-order valence-electron chi connectivity index (χ2n) is 8.54. The highest BCUT2D eigenvalue weighted by Gasteiger charge is 2.16. The number of hydrogen-bond acceptors (Lipinski definition) is 5. The van der Waals surface area contributed by atoms with Crippen molar-refractivity contribution < 1.29 is 24.5 Å². The van der Waals surface area contributed by atoms with E-state index in [2.05, 4.69) is 48.4 Å². The molecule has 0 aliphatic carbocycles. The Kier molecular flexibility index (Phi) is 9.31. The van der Waals surface area contributed by atoms with Gasteiger partial charge >= 0.3 is 5.97 Å². The molecule has 0 aliphatic rings. The molecule has 2 unspecified atom stereocenters. The molecule has 2 N–H and O–H groups in total. The fraction of sp³-hybridized carbons (Fsp3) is 0.393. The van der Waals surface area contributed by atoms with Crippen molar-refractivity contribution in [1.82, 2.24) is 4.57 Å².